The molecule has 1 heterocycles. The van der Waals surface area contributed by atoms with Crippen molar-refractivity contribution in [1.82, 2.24) is 5.32 Å². The van der Waals surface area contributed by atoms with E-state index in [0.717, 1.165) is 17.7 Å². The number of imide groups is 1. The van der Waals surface area contributed by atoms with Gasteiger partial charge in [0, 0.05) is 11.1 Å². The summed E-state index contributed by atoms with van der Waals surface area (Å²) < 4.78 is 4.99. The number of carbonyl (C=O) groups excluding carboxylic acids is 4. The molecule has 0 atom stereocenters. The molecule has 7 nitrogen and oxygen atoms in total. The van der Waals surface area contributed by atoms with Crippen LogP contribution in [-0.4, -0.2) is 36.3 Å². The molecule has 0 unspecified atom stereocenters. The molecule has 0 bridgehead atoms. The minimum atomic E-state index is -0.737. The molecule has 4 rings (SSSR count). The third-order valence-electron chi connectivity index (χ3n) is 4.48. The highest BCUT2D eigenvalue weighted by Gasteiger charge is 2.37. The molecule has 1 fully saturated rings. The second kappa shape index (κ2) is 7.09. The number of nitrogens with one attached hydrogen (secondary N) is 1. The fourth-order valence-electron chi connectivity index (χ4n) is 2.90. The van der Waals surface area contributed by atoms with Crippen LogP contribution in [0.1, 0.15) is 43.9 Å². The van der Waals surface area contributed by atoms with Gasteiger partial charge in [0.05, 0.1) is 22.4 Å². The fourth-order valence-corrected chi connectivity index (χ4v) is 3.03. The molecule has 0 aromatic heterocycles. The molecule has 142 valence electrons. The average Bonchev–Trinajstić information content (AvgIpc) is 3.46. The molecular formula is C20H15ClN2O5. The maximum Gasteiger partial charge on any atom is 0.338 e. The van der Waals surface area contributed by atoms with E-state index in [2.05, 4.69) is 5.32 Å². The van der Waals surface area contributed by atoms with Crippen molar-refractivity contribution in [3.63, 3.8) is 0 Å². The van der Waals surface area contributed by atoms with Crippen LogP contribution in [0.5, 0.6) is 0 Å². The second-order valence-corrected chi connectivity index (χ2v) is 7.04. The Balaban J connectivity index is 1.50. The summed E-state index contributed by atoms with van der Waals surface area (Å²) in [6, 6.07) is 10.6. The first-order valence-corrected chi connectivity index (χ1v) is 9.07. The Morgan fingerprint density at radius 2 is 1.71 bits per heavy atom. The summed E-state index contributed by atoms with van der Waals surface area (Å²) >= 11 is 5.85. The number of hydrogen-bond donors (Lipinski definition) is 1. The number of anilines is 1. The van der Waals surface area contributed by atoms with Gasteiger partial charge in [-0.1, -0.05) is 11.6 Å². The van der Waals surface area contributed by atoms with E-state index < -0.39 is 24.4 Å². The summed E-state index contributed by atoms with van der Waals surface area (Å²) in [4.78, 5) is 50.2. The molecule has 1 N–H and O–H groups in total. The van der Waals surface area contributed by atoms with Crippen LogP contribution >= 0.6 is 11.6 Å². The lowest BCUT2D eigenvalue weighted by Gasteiger charge is -2.13. The number of benzene rings is 2. The first kappa shape index (κ1) is 18.2. The number of fused-ring (bicyclic) bond motifs is 1. The van der Waals surface area contributed by atoms with E-state index in [1.54, 1.807) is 24.3 Å². The Hall–Kier alpha value is -3.19. The highest BCUT2D eigenvalue weighted by atomic mass is 35.5. The molecule has 1 saturated carbocycles. The molecule has 28 heavy (non-hydrogen) atoms. The first-order chi connectivity index (χ1) is 13.4. The Bertz CT molecular complexity index is 998. The number of rotatable bonds is 5. The highest BCUT2D eigenvalue weighted by Crippen LogP contribution is 2.30. The van der Waals surface area contributed by atoms with E-state index >= 15 is 0 Å². The number of ether oxygens (including phenoxy) is 1. The first-order valence-electron chi connectivity index (χ1n) is 8.69. The monoisotopic (exact) mass is 398 g/mol. The van der Waals surface area contributed by atoms with Crippen LogP contribution in [0.4, 0.5) is 5.69 Å². The zero-order valence-electron chi connectivity index (χ0n) is 14.6. The van der Waals surface area contributed by atoms with E-state index in [-0.39, 0.29) is 28.6 Å². The molecule has 2 aromatic carbocycles. The SMILES string of the molecule is O=C(COC(=O)c1ccc2c(c1)C(=O)N(c1ccc(Cl)cc1)C2=O)NC1CC1. The second-order valence-electron chi connectivity index (χ2n) is 6.60. The van der Waals surface area contributed by atoms with Crippen LogP contribution in [0.3, 0.4) is 0 Å². The van der Waals surface area contributed by atoms with Gasteiger partial charge in [-0.3, -0.25) is 14.4 Å². The summed E-state index contributed by atoms with van der Waals surface area (Å²) in [6.07, 6.45) is 1.87. The van der Waals surface area contributed by atoms with Crippen molar-refractivity contribution in [2.75, 3.05) is 11.5 Å². The van der Waals surface area contributed by atoms with Crippen molar-refractivity contribution in [3.8, 4) is 0 Å². The van der Waals surface area contributed by atoms with E-state index in [4.69, 9.17) is 16.3 Å². The van der Waals surface area contributed by atoms with Crippen LogP contribution in [0.2, 0.25) is 5.02 Å². The van der Waals surface area contributed by atoms with E-state index in [9.17, 15) is 19.2 Å². The smallest absolute Gasteiger partial charge is 0.338 e. The van der Waals surface area contributed by atoms with Crippen molar-refractivity contribution < 1.29 is 23.9 Å². The lowest BCUT2D eigenvalue weighted by Crippen LogP contribution is -2.30. The molecule has 3 amide bonds. The third-order valence-corrected chi connectivity index (χ3v) is 4.74. The average molecular weight is 399 g/mol. The Labute approximate surface area is 165 Å². The molecule has 1 aliphatic heterocycles. The topological polar surface area (TPSA) is 92.8 Å². The van der Waals surface area contributed by atoms with Crippen molar-refractivity contribution >= 4 is 41.0 Å². The van der Waals surface area contributed by atoms with Gasteiger partial charge in [-0.15, -0.1) is 0 Å². The van der Waals surface area contributed by atoms with Crippen LogP contribution in [0, 0.1) is 0 Å². The van der Waals surface area contributed by atoms with Crippen molar-refractivity contribution in [3.05, 3.63) is 64.2 Å². The maximum atomic E-state index is 12.7. The highest BCUT2D eigenvalue weighted by molar-refractivity contribution is 6.35. The number of hydrogen-bond acceptors (Lipinski definition) is 5. The van der Waals surface area contributed by atoms with Gasteiger partial charge in [0.15, 0.2) is 6.61 Å². The predicted octanol–water partition coefficient (Wildman–Crippen LogP) is 2.58. The maximum absolute atomic E-state index is 12.7. The van der Waals surface area contributed by atoms with Crippen LogP contribution in [-0.2, 0) is 9.53 Å². The van der Waals surface area contributed by atoms with Gasteiger partial charge in [0.1, 0.15) is 0 Å². The molecule has 1 aliphatic carbocycles. The summed E-state index contributed by atoms with van der Waals surface area (Å²) in [5.41, 5.74) is 0.786. The normalized spacial score (nSPS) is 15.4. The lowest BCUT2D eigenvalue weighted by atomic mass is 10.1. The van der Waals surface area contributed by atoms with E-state index in [1.165, 1.54) is 18.2 Å². The molecule has 8 heteroatoms. The molecule has 0 spiro atoms. The Morgan fingerprint density at radius 1 is 1.04 bits per heavy atom. The summed E-state index contributed by atoms with van der Waals surface area (Å²) in [5.74, 6) is -2.12. The molecular weight excluding hydrogens is 384 g/mol. The zero-order chi connectivity index (χ0) is 19.8. The number of carbonyl (C=O) groups is 4. The van der Waals surface area contributed by atoms with Crippen molar-refractivity contribution in [2.45, 2.75) is 18.9 Å². The minimum absolute atomic E-state index is 0.0945. The van der Waals surface area contributed by atoms with Gasteiger partial charge in [0.25, 0.3) is 17.7 Å². The summed E-state index contributed by atoms with van der Waals surface area (Å²) in [5, 5.41) is 3.19. The van der Waals surface area contributed by atoms with Crippen LogP contribution in [0.15, 0.2) is 42.5 Å². The van der Waals surface area contributed by atoms with Gasteiger partial charge in [-0.25, -0.2) is 9.69 Å². The lowest BCUT2D eigenvalue weighted by molar-refractivity contribution is -0.124. The van der Waals surface area contributed by atoms with Gasteiger partial charge in [-0.05, 0) is 55.3 Å². The Kier molecular flexibility index (Phi) is 4.60. The molecule has 2 aliphatic rings. The predicted molar refractivity (Wildman–Crippen MR) is 100 cm³/mol. The van der Waals surface area contributed by atoms with Gasteiger partial charge in [0.2, 0.25) is 0 Å². The largest absolute Gasteiger partial charge is 0.452 e. The third kappa shape index (κ3) is 3.48. The van der Waals surface area contributed by atoms with Crippen LogP contribution in [0.25, 0.3) is 0 Å². The number of nitrogens with zero attached hydrogens (tertiary/aromatic N) is 1. The summed E-state index contributed by atoms with van der Waals surface area (Å²) in [6.45, 7) is -0.393. The van der Waals surface area contributed by atoms with Crippen molar-refractivity contribution in [2.24, 2.45) is 0 Å². The summed E-state index contributed by atoms with van der Waals surface area (Å²) in [7, 11) is 0. The number of amides is 3. The molecule has 0 saturated heterocycles. The number of halogens is 1. The van der Waals surface area contributed by atoms with Gasteiger partial charge >= 0.3 is 5.97 Å². The van der Waals surface area contributed by atoms with E-state index in [0.29, 0.717) is 10.7 Å². The van der Waals surface area contributed by atoms with E-state index in [1.807, 2.05) is 0 Å². The standard InChI is InChI=1S/C20H15ClN2O5/c21-12-2-6-14(7-3-12)23-18(25)15-8-1-11(9-16(15)19(23)26)20(27)28-10-17(24)22-13-4-5-13/h1-3,6-9,13H,4-5,10H2,(H,22,24). The minimum Gasteiger partial charge on any atom is -0.452 e. The Morgan fingerprint density at radius 3 is 2.39 bits per heavy atom. The zero-order valence-corrected chi connectivity index (χ0v) is 15.4. The number of esters is 1. The molecule has 2 aromatic rings. The molecule has 0 radical (unpaired) electrons. The van der Waals surface area contributed by atoms with Gasteiger partial charge in [-0.2, -0.15) is 0 Å². The van der Waals surface area contributed by atoms with Crippen molar-refractivity contribution in [1.29, 1.82) is 0 Å². The van der Waals surface area contributed by atoms with Gasteiger partial charge < -0.3 is 10.1 Å². The van der Waals surface area contributed by atoms with Crippen LogP contribution < -0.4 is 10.2 Å². The fraction of sp³-hybridized carbons (Fsp3) is 0.200. The quantitative estimate of drug-likeness (QED) is 0.617.